The zero-order valence-electron chi connectivity index (χ0n) is 25.9. The molecular formula is C29H60N8O6. The Morgan fingerprint density at radius 2 is 1.81 bits per heavy atom. The van der Waals surface area contributed by atoms with Gasteiger partial charge in [-0.3, -0.25) is 4.79 Å². The molecule has 1 aliphatic carbocycles. The van der Waals surface area contributed by atoms with Gasteiger partial charge in [0, 0.05) is 57.5 Å². The maximum absolute atomic E-state index is 11.8. The maximum atomic E-state index is 11.8. The lowest BCUT2D eigenvalue weighted by Crippen LogP contribution is -2.48. The van der Waals surface area contributed by atoms with Crippen LogP contribution in [0.25, 0.3) is 0 Å². The average Bonchev–Trinajstić information content (AvgIpc) is 3.46. The van der Waals surface area contributed by atoms with Crippen LogP contribution in [0.4, 0.5) is 0 Å². The van der Waals surface area contributed by atoms with Gasteiger partial charge in [0.15, 0.2) is 6.29 Å². The second kappa shape index (κ2) is 22.1. The highest BCUT2D eigenvalue weighted by Gasteiger charge is 2.33. The third kappa shape index (κ3) is 15.9. The topological polar surface area (TPSA) is 254 Å². The minimum atomic E-state index is -0.442. The molecule has 0 radical (unpaired) electrons. The van der Waals surface area contributed by atoms with Gasteiger partial charge in [0.05, 0.1) is 50.2 Å². The van der Waals surface area contributed by atoms with Crippen LogP contribution in [0.1, 0.15) is 64.2 Å². The zero-order chi connectivity index (χ0) is 31.5. The van der Waals surface area contributed by atoms with Crippen LogP contribution >= 0.6 is 0 Å². The molecule has 1 amide bonds. The number of carbonyl (C=O) groups is 1. The molecule has 6 unspecified atom stereocenters. The Balaban J connectivity index is 0.000000255. The van der Waals surface area contributed by atoms with Gasteiger partial charge >= 0.3 is 0 Å². The van der Waals surface area contributed by atoms with Gasteiger partial charge in [-0.15, -0.1) is 0 Å². The van der Waals surface area contributed by atoms with Crippen LogP contribution in [0.2, 0.25) is 0 Å². The van der Waals surface area contributed by atoms with Crippen LogP contribution in [-0.4, -0.2) is 112 Å². The van der Waals surface area contributed by atoms with Crippen LogP contribution < -0.4 is 45.0 Å². The number of aliphatic hydroxyl groups is 1. The minimum absolute atomic E-state index is 0.00481. The van der Waals surface area contributed by atoms with Crippen molar-refractivity contribution in [2.75, 3.05) is 52.5 Å². The van der Waals surface area contributed by atoms with E-state index >= 15 is 0 Å². The second-order valence-corrected chi connectivity index (χ2v) is 11.7. The Labute approximate surface area is 257 Å². The predicted molar refractivity (Wildman–Crippen MR) is 166 cm³/mol. The molecule has 43 heavy (non-hydrogen) atoms. The van der Waals surface area contributed by atoms with Crippen molar-refractivity contribution in [3.8, 4) is 0 Å². The number of hydrogen-bond acceptors (Lipinski definition) is 13. The number of nitrogens with two attached hydrogens (primary N) is 6. The van der Waals surface area contributed by atoms with Gasteiger partial charge in [-0.1, -0.05) is 0 Å². The predicted octanol–water partition coefficient (Wildman–Crippen LogP) is -1.78. The average molecular weight is 617 g/mol. The highest BCUT2D eigenvalue weighted by molar-refractivity contribution is 5.76. The first kappa shape index (κ1) is 37.8. The summed E-state index contributed by atoms with van der Waals surface area (Å²) in [4.78, 5) is 11.8. The van der Waals surface area contributed by atoms with Crippen molar-refractivity contribution >= 4 is 5.91 Å². The van der Waals surface area contributed by atoms with E-state index in [1.165, 1.54) is 0 Å². The zero-order valence-corrected chi connectivity index (χ0v) is 25.9. The van der Waals surface area contributed by atoms with Crippen LogP contribution in [0.5, 0.6) is 0 Å². The largest absolute Gasteiger partial charge is 0.497 e. The maximum Gasteiger partial charge on any atom is 0.220 e. The number of nitrogens with one attached hydrogen (secondary N) is 2. The van der Waals surface area contributed by atoms with E-state index < -0.39 is 6.10 Å². The Kier molecular flexibility index (Phi) is 19.4. The third-order valence-electron chi connectivity index (χ3n) is 7.76. The first-order valence-corrected chi connectivity index (χ1v) is 16.0. The number of hydrogen-bond donors (Lipinski definition) is 9. The van der Waals surface area contributed by atoms with Gasteiger partial charge in [-0.2, -0.15) is 0 Å². The first-order chi connectivity index (χ1) is 20.8. The van der Waals surface area contributed by atoms with Crippen molar-refractivity contribution in [3.63, 3.8) is 0 Å². The number of rotatable bonds is 12. The smallest absolute Gasteiger partial charge is 0.220 e. The Bertz CT molecular complexity index is 781. The minimum Gasteiger partial charge on any atom is -0.497 e. The summed E-state index contributed by atoms with van der Waals surface area (Å²) >= 11 is 0. The Morgan fingerprint density at radius 1 is 1.02 bits per heavy atom. The van der Waals surface area contributed by atoms with Crippen molar-refractivity contribution in [3.05, 3.63) is 11.8 Å². The van der Waals surface area contributed by atoms with Crippen LogP contribution in [0.3, 0.4) is 0 Å². The Hall–Kier alpha value is -1.43. The molecule has 14 nitrogen and oxygen atoms in total. The van der Waals surface area contributed by atoms with Crippen molar-refractivity contribution < 1.29 is 28.8 Å². The number of allylic oxidation sites excluding steroid dienone is 1. The normalized spacial score (nSPS) is 32.3. The summed E-state index contributed by atoms with van der Waals surface area (Å²) < 4.78 is 22.3. The highest BCUT2D eigenvalue weighted by atomic mass is 16.7. The number of ether oxygens (including phenoxy) is 4. The van der Waals surface area contributed by atoms with E-state index in [1.54, 1.807) is 0 Å². The molecule has 0 aromatic heterocycles. The highest BCUT2D eigenvalue weighted by Crippen LogP contribution is 2.27. The van der Waals surface area contributed by atoms with Crippen molar-refractivity contribution in [2.24, 2.45) is 34.4 Å². The lowest BCUT2D eigenvalue weighted by atomic mass is 9.89. The molecule has 14 heteroatoms. The monoisotopic (exact) mass is 616 g/mol. The van der Waals surface area contributed by atoms with Crippen molar-refractivity contribution in [1.29, 1.82) is 0 Å². The van der Waals surface area contributed by atoms with Gasteiger partial charge in [0.2, 0.25) is 5.91 Å². The summed E-state index contributed by atoms with van der Waals surface area (Å²) in [6.07, 6.45) is 9.92. The first-order valence-electron chi connectivity index (χ1n) is 16.0. The van der Waals surface area contributed by atoms with Gasteiger partial charge in [0.25, 0.3) is 0 Å². The van der Waals surface area contributed by atoms with E-state index in [9.17, 15) is 9.90 Å². The molecule has 0 aromatic rings. The van der Waals surface area contributed by atoms with Crippen LogP contribution in [0.15, 0.2) is 11.8 Å². The third-order valence-corrected chi connectivity index (χ3v) is 7.76. The van der Waals surface area contributed by atoms with Gasteiger partial charge < -0.3 is 69.1 Å². The lowest BCUT2D eigenvalue weighted by Gasteiger charge is -2.34. The molecule has 8 atom stereocenters. The molecule has 3 fully saturated rings. The summed E-state index contributed by atoms with van der Waals surface area (Å²) in [6.45, 7) is 5.20. The molecule has 3 aliphatic heterocycles. The lowest BCUT2D eigenvalue weighted by molar-refractivity contribution is -0.169. The van der Waals surface area contributed by atoms with Gasteiger partial charge in [-0.05, 0) is 57.6 Å². The molecule has 1 saturated carbocycles. The number of aliphatic hydroxyl groups excluding tert-OH is 1. The molecule has 3 heterocycles. The van der Waals surface area contributed by atoms with Crippen LogP contribution in [-0.2, 0) is 23.7 Å². The van der Waals surface area contributed by atoms with E-state index in [2.05, 4.69) is 16.7 Å². The summed E-state index contributed by atoms with van der Waals surface area (Å²) in [6, 6.07) is -0.112. The molecule has 252 valence electrons. The quantitative estimate of drug-likeness (QED) is 0.110. The fourth-order valence-electron chi connectivity index (χ4n) is 5.34. The van der Waals surface area contributed by atoms with Crippen molar-refractivity contribution in [2.45, 2.75) is 113 Å². The fourth-order valence-corrected chi connectivity index (χ4v) is 5.34. The van der Waals surface area contributed by atoms with E-state index in [1.807, 2.05) is 0 Å². The van der Waals surface area contributed by atoms with E-state index in [-0.39, 0.29) is 48.6 Å². The molecule has 0 spiro atoms. The van der Waals surface area contributed by atoms with Gasteiger partial charge in [0.1, 0.15) is 5.76 Å². The standard InChI is InChI=1S/C15H30N4O3.C8H16N2O.C6H14N2O2/c16-5-1-2-14(20)19-11-6-10(18)7-13(8-11)22-15-4-3-12(9-17)21-15;9-4-5-10-7-8-3-1-2-6-11-8;7-2-4-1-6(9)5(8)3-10-4/h10-13,15H,1-9,16-18H2,(H,19,20);3,10H,1-2,4-7,9H2;4-6,9H,1-3,7-8H2/t;;4-,5+,6?/m..1/s1. The summed E-state index contributed by atoms with van der Waals surface area (Å²) in [7, 11) is 0. The molecular weight excluding hydrogens is 556 g/mol. The summed E-state index contributed by atoms with van der Waals surface area (Å²) in [5, 5.41) is 15.4. The van der Waals surface area contributed by atoms with E-state index in [0.29, 0.717) is 52.0 Å². The molecule has 2 saturated heterocycles. The van der Waals surface area contributed by atoms with E-state index in [0.717, 1.165) is 70.4 Å². The van der Waals surface area contributed by atoms with E-state index in [4.69, 9.17) is 53.3 Å². The second-order valence-electron chi connectivity index (χ2n) is 11.7. The molecule has 15 N–H and O–H groups in total. The number of amides is 1. The van der Waals surface area contributed by atoms with Crippen molar-refractivity contribution in [1.82, 2.24) is 10.6 Å². The molecule has 4 aliphatic rings. The Morgan fingerprint density at radius 3 is 2.44 bits per heavy atom. The SMILES string of the molecule is NCCCC(=O)NC1CC(N)CC(OC2CCC(CN)O2)C1.NCCNCC1=CCCCO1.NC[C@H]1CC(O)[C@@H](N)CO1. The molecule has 0 aromatic carbocycles. The van der Waals surface area contributed by atoms with Crippen LogP contribution in [0, 0.1) is 0 Å². The van der Waals surface area contributed by atoms with Gasteiger partial charge in [-0.25, -0.2) is 0 Å². The summed E-state index contributed by atoms with van der Waals surface area (Å²) in [5.41, 5.74) is 33.3. The fraction of sp³-hybridized carbons (Fsp3) is 0.897. The molecule has 4 rings (SSSR count). The summed E-state index contributed by atoms with van der Waals surface area (Å²) in [5.74, 6) is 1.12. The molecule has 0 bridgehead atoms. The number of carbonyl (C=O) groups excluding carboxylic acids is 1.